The number of carbonyl (C=O) groups is 3. The zero-order valence-corrected chi connectivity index (χ0v) is 11.8. The first-order valence-electron chi connectivity index (χ1n) is 6.68. The van der Waals surface area contributed by atoms with Crippen molar-refractivity contribution >= 4 is 17.6 Å². The second-order valence-corrected chi connectivity index (χ2v) is 5.76. The standard InChI is InChI=1S/C13H22N2O5/c1-13(2,7-16)10(18)12(20)14-6-5-9(17)11(19)15-8-3-4-8/h8,10,16,18H,3-7H2,1-2H3,(H,14,20)(H,15,19)/t10-/m0/s1. The number of hydrogen-bond donors (Lipinski definition) is 4. The molecule has 7 nitrogen and oxygen atoms in total. The number of aliphatic hydroxyl groups is 2. The van der Waals surface area contributed by atoms with Crippen LogP contribution in [0.15, 0.2) is 0 Å². The fourth-order valence-electron chi connectivity index (χ4n) is 1.44. The van der Waals surface area contributed by atoms with Crippen LogP contribution < -0.4 is 10.6 Å². The molecule has 0 aromatic rings. The highest BCUT2D eigenvalue weighted by molar-refractivity contribution is 6.36. The van der Waals surface area contributed by atoms with Gasteiger partial charge in [-0.05, 0) is 12.8 Å². The van der Waals surface area contributed by atoms with Crippen LogP contribution in [0.1, 0.15) is 33.1 Å². The molecule has 0 heterocycles. The predicted octanol–water partition coefficient (Wildman–Crippen LogP) is -1.28. The molecule has 114 valence electrons. The summed E-state index contributed by atoms with van der Waals surface area (Å²) in [6.07, 6.45) is 0.315. The van der Waals surface area contributed by atoms with Gasteiger partial charge in [0.25, 0.3) is 5.91 Å². The Balaban J connectivity index is 2.27. The molecule has 20 heavy (non-hydrogen) atoms. The molecule has 0 radical (unpaired) electrons. The lowest BCUT2D eigenvalue weighted by Crippen LogP contribution is -2.46. The Morgan fingerprint density at radius 3 is 2.40 bits per heavy atom. The lowest BCUT2D eigenvalue weighted by atomic mass is 9.87. The number of rotatable bonds is 8. The van der Waals surface area contributed by atoms with E-state index in [1.54, 1.807) is 13.8 Å². The SMILES string of the molecule is CC(C)(CO)[C@@H](O)C(=O)NCCC(=O)C(=O)NC1CC1. The first kappa shape index (κ1) is 16.6. The molecular weight excluding hydrogens is 264 g/mol. The molecule has 1 rings (SSSR count). The summed E-state index contributed by atoms with van der Waals surface area (Å²) in [5.74, 6) is -1.88. The van der Waals surface area contributed by atoms with E-state index in [9.17, 15) is 19.5 Å². The van der Waals surface area contributed by atoms with Gasteiger partial charge in [-0.25, -0.2) is 0 Å². The van der Waals surface area contributed by atoms with Crippen molar-refractivity contribution in [1.82, 2.24) is 10.6 Å². The fraction of sp³-hybridized carbons (Fsp3) is 0.769. The smallest absolute Gasteiger partial charge is 0.287 e. The van der Waals surface area contributed by atoms with Crippen LogP contribution in [0.25, 0.3) is 0 Å². The van der Waals surface area contributed by atoms with Crippen LogP contribution in [-0.4, -0.2) is 53.1 Å². The lowest BCUT2D eigenvalue weighted by Gasteiger charge is -2.27. The quantitative estimate of drug-likeness (QED) is 0.415. The maximum atomic E-state index is 11.6. The molecular formula is C13H22N2O5. The van der Waals surface area contributed by atoms with Crippen molar-refractivity contribution in [3.05, 3.63) is 0 Å². The van der Waals surface area contributed by atoms with E-state index >= 15 is 0 Å². The summed E-state index contributed by atoms with van der Waals surface area (Å²) in [5.41, 5.74) is -0.961. The first-order valence-corrected chi connectivity index (χ1v) is 6.68. The van der Waals surface area contributed by atoms with Gasteiger partial charge in [-0.2, -0.15) is 0 Å². The van der Waals surface area contributed by atoms with Gasteiger partial charge in [-0.15, -0.1) is 0 Å². The van der Waals surface area contributed by atoms with Crippen LogP contribution in [0.5, 0.6) is 0 Å². The summed E-state index contributed by atoms with van der Waals surface area (Å²) in [6.45, 7) is 2.73. The molecule has 1 aliphatic rings. The maximum Gasteiger partial charge on any atom is 0.287 e. The van der Waals surface area contributed by atoms with Crippen LogP contribution in [-0.2, 0) is 14.4 Å². The van der Waals surface area contributed by atoms with Gasteiger partial charge in [0.05, 0.1) is 6.61 Å². The van der Waals surface area contributed by atoms with E-state index in [2.05, 4.69) is 10.6 Å². The second-order valence-electron chi connectivity index (χ2n) is 5.76. The Labute approximate surface area is 117 Å². The number of hydrogen-bond acceptors (Lipinski definition) is 5. The highest BCUT2D eigenvalue weighted by Crippen LogP contribution is 2.19. The van der Waals surface area contributed by atoms with Crippen LogP contribution in [0, 0.1) is 5.41 Å². The molecule has 0 aliphatic heterocycles. The number of Topliss-reactive ketones (excluding diaryl/α,β-unsaturated/α-hetero) is 1. The third-order valence-corrected chi connectivity index (χ3v) is 3.21. The largest absolute Gasteiger partial charge is 0.396 e. The normalized spacial score (nSPS) is 16.4. The first-order chi connectivity index (χ1) is 9.27. The van der Waals surface area contributed by atoms with E-state index in [0.29, 0.717) is 0 Å². The van der Waals surface area contributed by atoms with Gasteiger partial charge < -0.3 is 20.8 Å². The minimum Gasteiger partial charge on any atom is -0.396 e. The van der Waals surface area contributed by atoms with Crippen molar-refractivity contribution < 1.29 is 24.6 Å². The van der Waals surface area contributed by atoms with Crippen molar-refractivity contribution in [3.63, 3.8) is 0 Å². The van der Waals surface area contributed by atoms with Gasteiger partial charge in [-0.1, -0.05) is 13.8 Å². The van der Waals surface area contributed by atoms with Crippen molar-refractivity contribution in [2.24, 2.45) is 5.41 Å². The van der Waals surface area contributed by atoms with Crippen LogP contribution in [0.4, 0.5) is 0 Å². The average molecular weight is 286 g/mol. The fourth-order valence-corrected chi connectivity index (χ4v) is 1.44. The molecule has 1 fully saturated rings. The molecule has 1 atom stereocenters. The summed E-state index contributed by atoms with van der Waals surface area (Å²) in [5, 5.41) is 23.7. The van der Waals surface area contributed by atoms with Crippen LogP contribution >= 0.6 is 0 Å². The number of carbonyl (C=O) groups excluding carboxylic acids is 3. The van der Waals surface area contributed by atoms with Gasteiger partial charge in [0, 0.05) is 24.4 Å². The molecule has 7 heteroatoms. The molecule has 2 amide bonds. The van der Waals surface area contributed by atoms with E-state index in [1.165, 1.54) is 0 Å². The van der Waals surface area contributed by atoms with E-state index in [-0.39, 0.29) is 25.6 Å². The van der Waals surface area contributed by atoms with Crippen molar-refractivity contribution in [3.8, 4) is 0 Å². The van der Waals surface area contributed by atoms with Gasteiger partial charge >= 0.3 is 0 Å². The van der Waals surface area contributed by atoms with Crippen LogP contribution in [0.3, 0.4) is 0 Å². The molecule has 1 aliphatic carbocycles. The van der Waals surface area contributed by atoms with E-state index < -0.39 is 29.1 Å². The third-order valence-electron chi connectivity index (χ3n) is 3.21. The van der Waals surface area contributed by atoms with E-state index in [1.807, 2.05) is 0 Å². The third kappa shape index (κ3) is 4.90. The van der Waals surface area contributed by atoms with Gasteiger partial charge in [0.2, 0.25) is 11.7 Å². The zero-order valence-electron chi connectivity index (χ0n) is 11.8. The minimum atomic E-state index is -1.37. The Kier molecular flexibility index (Phi) is 5.64. The topological polar surface area (TPSA) is 116 Å². The molecule has 4 N–H and O–H groups in total. The Hall–Kier alpha value is -1.47. The number of ketones is 1. The molecule has 0 aromatic carbocycles. The molecule has 0 spiro atoms. The predicted molar refractivity (Wildman–Crippen MR) is 70.7 cm³/mol. The number of amides is 2. The number of aliphatic hydroxyl groups excluding tert-OH is 2. The number of nitrogens with one attached hydrogen (secondary N) is 2. The maximum absolute atomic E-state index is 11.6. The summed E-state index contributed by atoms with van der Waals surface area (Å²) < 4.78 is 0. The molecule has 0 bridgehead atoms. The molecule has 0 aromatic heterocycles. The van der Waals surface area contributed by atoms with Gasteiger partial charge in [0.1, 0.15) is 6.10 Å². The highest BCUT2D eigenvalue weighted by atomic mass is 16.3. The van der Waals surface area contributed by atoms with Crippen molar-refractivity contribution in [2.45, 2.75) is 45.3 Å². The summed E-state index contributed by atoms with van der Waals surface area (Å²) >= 11 is 0. The monoisotopic (exact) mass is 286 g/mol. The Morgan fingerprint density at radius 2 is 1.90 bits per heavy atom. The van der Waals surface area contributed by atoms with Gasteiger partial charge in [0.15, 0.2) is 0 Å². The average Bonchev–Trinajstić information content (AvgIpc) is 3.21. The minimum absolute atomic E-state index is 0.0195. The van der Waals surface area contributed by atoms with E-state index in [0.717, 1.165) is 12.8 Å². The molecule has 0 saturated heterocycles. The highest BCUT2D eigenvalue weighted by Gasteiger charge is 2.33. The zero-order chi connectivity index (χ0) is 15.3. The van der Waals surface area contributed by atoms with E-state index in [4.69, 9.17) is 5.11 Å². The molecule has 1 saturated carbocycles. The lowest BCUT2D eigenvalue weighted by molar-refractivity contribution is -0.139. The summed E-state index contributed by atoms with van der Waals surface area (Å²) in [7, 11) is 0. The van der Waals surface area contributed by atoms with Crippen molar-refractivity contribution in [1.29, 1.82) is 0 Å². The Morgan fingerprint density at radius 1 is 1.30 bits per heavy atom. The van der Waals surface area contributed by atoms with Crippen molar-refractivity contribution in [2.75, 3.05) is 13.2 Å². The Bertz CT molecular complexity index is 390. The second kappa shape index (κ2) is 6.81. The summed E-state index contributed by atoms with van der Waals surface area (Å²) in [4.78, 5) is 34.4. The van der Waals surface area contributed by atoms with Gasteiger partial charge in [-0.3, -0.25) is 14.4 Å². The summed E-state index contributed by atoms with van der Waals surface area (Å²) in [6, 6.07) is 0.119. The van der Waals surface area contributed by atoms with Crippen LogP contribution in [0.2, 0.25) is 0 Å². The molecule has 0 unspecified atom stereocenters.